The summed E-state index contributed by atoms with van der Waals surface area (Å²) in [6, 6.07) is 14.0. The number of aromatic nitrogens is 1. The molecule has 0 aliphatic heterocycles. The predicted octanol–water partition coefficient (Wildman–Crippen LogP) is 3.67. The van der Waals surface area contributed by atoms with Gasteiger partial charge in [-0.05, 0) is 41.5 Å². The van der Waals surface area contributed by atoms with Gasteiger partial charge in [-0.1, -0.05) is 12.1 Å². The number of rotatable bonds is 3. The third kappa shape index (κ3) is 1.97. The van der Waals surface area contributed by atoms with Crippen molar-refractivity contribution in [3.05, 3.63) is 54.2 Å². The van der Waals surface area contributed by atoms with Crippen molar-refractivity contribution in [1.82, 2.24) is 4.57 Å². The van der Waals surface area contributed by atoms with Gasteiger partial charge >= 0.3 is 0 Å². The van der Waals surface area contributed by atoms with E-state index in [0.717, 1.165) is 17.4 Å². The van der Waals surface area contributed by atoms with Gasteiger partial charge in [0.15, 0.2) is 6.29 Å². The Kier molecular flexibility index (Phi) is 3.03. The van der Waals surface area contributed by atoms with E-state index in [1.165, 1.54) is 10.9 Å². The first kappa shape index (κ1) is 12.5. The Morgan fingerprint density at radius 3 is 2.55 bits per heavy atom. The Morgan fingerprint density at radius 1 is 1.05 bits per heavy atom. The van der Waals surface area contributed by atoms with Crippen molar-refractivity contribution in [2.75, 3.05) is 7.11 Å². The molecular formula is C17H15NO2. The van der Waals surface area contributed by atoms with Crippen molar-refractivity contribution >= 4 is 17.2 Å². The molecule has 2 aromatic carbocycles. The van der Waals surface area contributed by atoms with Crippen LogP contribution in [0.3, 0.4) is 0 Å². The Labute approximate surface area is 117 Å². The SMILES string of the molecule is COc1ccc(-c2ccc3c(ccn3C)c2)cc1C=O. The first-order valence-corrected chi connectivity index (χ1v) is 6.41. The summed E-state index contributed by atoms with van der Waals surface area (Å²) in [6.45, 7) is 0. The topological polar surface area (TPSA) is 31.2 Å². The van der Waals surface area contributed by atoms with Crippen molar-refractivity contribution < 1.29 is 9.53 Å². The van der Waals surface area contributed by atoms with Crippen LogP contribution >= 0.6 is 0 Å². The monoisotopic (exact) mass is 265 g/mol. The molecule has 0 fully saturated rings. The molecule has 3 heteroatoms. The quantitative estimate of drug-likeness (QED) is 0.677. The second-order valence-corrected chi connectivity index (χ2v) is 4.77. The van der Waals surface area contributed by atoms with E-state index in [-0.39, 0.29) is 0 Å². The fourth-order valence-electron chi connectivity index (χ4n) is 2.47. The molecule has 20 heavy (non-hydrogen) atoms. The number of methoxy groups -OCH3 is 1. The highest BCUT2D eigenvalue weighted by molar-refractivity contribution is 5.88. The van der Waals surface area contributed by atoms with Crippen LogP contribution in [0.1, 0.15) is 10.4 Å². The molecule has 1 heterocycles. The molecule has 0 aliphatic carbocycles. The number of aryl methyl sites for hydroxylation is 1. The summed E-state index contributed by atoms with van der Waals surface area (Å²) in [5.74, 6) is 0.601. The van der Waals surface area contributed by atoms with Crippen LogP contribution in [0.25, 0.3) is 22.0 Å². The van der Waals surface area contributed by atoms with Crippen molar-refractivity contribution in [2.24, 2.45) is 7.05 Å². The van der Waals surface area contributed by atoms with Crippen LogP contribution in [0.2, 0.25) is 0 Å². The molecule has 0 N–H and O–H groups in total. The van der Waals surface area contributed by atoms with E-state index in [9.17, 15) is 4.79 Å². The molecule has 100 valence electrons. The minimum Gasteiger partial charge on any atom is -0.496 e. The number of carbonyl (C=O) groups excluding carboxylic acids is 1. The van der Waals surface area contributed by atoms with Gasteiger partial charge in [0.05, 0.1) is 12.7 Å². The van der Waals surface area contributed by atoms with Gasteiger partial charge in [0.1, 0.15) is 5.75 Å². The molecule has 0 radical (unpaired) electrons. The number of hydrogen-bond donors (Lipinski definition) is 0. The maximum Gasteiger partial charge on any atom is 0.153 e. The first-order chi connectivity index (χ1) is 9.72. The summed E-state index contributed by atoms with van der Waals surface area (Å²) in [5.41, 5.74) is 3.86. The van der Waals surface area contributed by atoms with E-state index in [1.807, 2.05) is 31.4 Å². The van der Waals surface area contributed by atoms with Crippen LogP contribution in [0.5, 0.6) is 5.75 Å². The van der Waals surface area contributed by atoms with E-state index in [2.05, 4.69) is 28.8 Å². The molecular weight excluding hydrogens is 250 g/mol. The summed E-state index contributed by atoms with van der Waals surface area (Å²) < 4.78 is 7.25. The normalized spacial score (nSPS) is 10.7. The van der Waals surface area contributed by atoms with Crippen LogP contribution in [0.15, 0.2) is 48.7 Å². The van der Waals surface area contributed by atoms with E-state index < -0.39 is 0 Å². The molecule has 0 spiro atoms. The molecule has 0 atom stereocenters. The molecule has 0 amide bonds. The first-order valence-electron chi connectivity index (χ1n) is 6.41. The van der Waals surface area contributed by atoms with Gasteiger partial charge in [0, 0.05) is 24.1 Å². The standard InChI is InChI=1S/C17H15NO2/c1-18-8-7-14-9-12(3-5-16(14)18)13-4-6-17(20-2)15(10-13)11-19/h3-11H,1-2H3. The highest BCUT2D eigenvalue weighted by Gasteiger charge is 2.06. The minimum absolute atomic E-state index is 0.568. The Morgan fingerprint density at radius 2 is 1.80 bits per heavy atom. The number of carbonyl (C=O) groups is 1. The van der Waals surface area contributed by atoms with Crippen molar-refractivity contribution in [3.8, 4) is 16.9 Å². The average molecular weight is 265 g/mol. The molecule has 1 aromatic heterocycles. The number of fused-ring (bicyclic) bond motifs is 1. The zero-order chi connectivity index (χ0) is 14.1. The average Bonchev–Trinajstić information content (AvgIpc) is 2.87. The summed E-state index contributed by atoms with van der Waals surface area (Å²) in [7, 11) is 3.60. The van der Waals surface area contributed by atoms with Crippen LogP contribution in [0, 0.1) is 0 Å². The van der Waals surface area contributed by atoms with Gasteiger partial charge in [0.25, 0.3) is 0 Å². The van der Waals surface area contributed by atoms with Gasteiger partial charge in [-0.2, -0.15) is 0 Å². The zero-order valence-corrected chi connectivity index (χ0v) is 11.5. The number of aldehydes is 1. The molecule has 0 saturated carbocycles. The highest BCUT2D eigenvalue weighted by Crippen LogP contribution is 2.28. The van der Waals surface area contributed by atoms with Gasteiger partial charge < -0.3 is 9.30 Å². The van der Waals surface area contributed by atoms with Gasteiger partial charge in [-0.3, -0.25) is 4.79 Å². The van der Waals surface area contributed by atoms with E-state index in [4.69, 9.17) is 4.74 Å². The smallest absolute Gasteiger partial charge is 0.153 e. The van der Waals surface area contributed by atoms with Crippen molar-refractivity contribution in [2.45, 2.75) is 0 Å². The van der Waals surface area contributed by atoms with Crippen LogP contribution < -0.4 is 4.74 Å². The summed E-state index contributed by atoms with van der Waals surface area (Å²) >= 11 is 0. The molecule has 0 unspecified atom stereocenters. The summed E-state index contributed by atoms with van der Waals surface area (Å²) in [6.07, 6.45) is 2.86. The van der Waals surface area contributed by atoms with Gasteiger partial charge in [-0.15, -0.1) is 0 Å². The van der Waals surface area contributed by atoms with E-state index >= 15 is 0 Å². The van der Waals surface area contributed by atoms with Crippen LogP contribution in [-0.4, -0.2) is 18.0 Å². The lowest BCUT2D eigenvalue weighted by Gasteiger charge is -2.07. The number of hydrogen-bond acceptors (Lipinski definition) is 2. The molecule has 3 aromatic rings. The number of ether oxygens (including phenoxy) is 1. The molecule has 0 aliphatic rings. The van der Waals surface area contributed by atoms with Crippen LogP contribution in [-0.2, 0) is 7.05 Å². The lowest BCUT2D eigenvalue weighted by Crippen LogP contribution is -1.91. The fraction of sp³-hybridized carbons (Fsp3) is 0.118. The van der Waals surface area contributed by atoms with Crippen LogP contribution in [0.4, 0.5) is 0 Å². The van der Waals surface area contributed by atoms with Gasteiger partial charge in [-0.25, -0.2) is 0 Å². The Hall–Kier alpha value is -2.55. The largest absolute Gasteiger partial charge is 0.496 e. The number of nitrogens with zero attached hydrogens (tertiary/aromatic N) is 1. The van der Waals surface area contributed by atoms with E-state index in [0.29, 0.717) is 11.3 Å². The lowest BCUT2D eigenvalue weighted by molar-refractivity contribution is 0.112. The summed E-state index contributed by atoms with van der Waals surface area (Å²) in [4.78, 5) is 11.1. The molecule has 3 rings (SSSR count). The molecule has 0 bridgehead atoms. The van der Waals surface area contributed by atoms with E-state index in [1.54, 1.807) is 7.11 Å². The minimum atomic E-state index is 0.568. The predicted molar refractivity (Wildman–Crippen MR) is 80.3 cm³/mol. The molecule has 3 nitrogen and oxygen atoms in total. The number of benzene rings is 2. The van der Waals surface area contributed by atoms with Crippen molar-refractivity contribution in [1.29, 1.82) is 0 Å². The lowest BCUT2D eigenvalue weighted by atomic mass is 10.0. The maximum atomic E-state index is 11.1. The van der Waals surface area contributed by atoms with Crippen molar-refractivity contribution in [3.63, 3.8) is 0 Å². The zero-order valence-electron chi connectivity index (χ0n) is 11.5. The maximum absolute atomic E-state index is 11.1. The molecule has 0 saturated heterocycles. The Bertz CT molecular complexity index is 787. The Balaban J connectivity index is 2.12. The second-order valence-electron chi connectivity index (χ2n) is 4.77. The third-order valence-corrected chi connectivity index (χ3v) is 3.58. The third-order valence-electron chi connectivity index (χ3n) is 3.58. The van der Waals surface area contributed by atoms with Gasteiger partial charge in [0.2, 0.25) is 0 Å². The second kappa shape index (κ2) is 4.85. The summed E-state index contributed by atoms with van der Waals surface area (Å²) in [5, 5.41) is 1.19. The highest BCUT2D eigenvalue weighted by atomic mass is 16.5. The fourth-order valence-corrected chi connectivity index (χ4v) is 2.47.